The first-order chi connectivity index (χ1) is 10.3. The smallest absolute Gasteiger partial charge is 0.308 e. The average molecular weight is 288 g/mol. The summed E-state index contributed by atoms with van der Waals surface area (Å²) in [5.41, 5.74) is 2.86. The second-order valence-electron chi connectivity index (χ2n) is 6.13. The van der Waals surface area contributed by atoms with Crippen molar-refractivity contribution in [2.75, 3.05) is 6.61 Å². The minimum absolute atomic E-state index is 0.0391. The molecule has 1 fully saturated rings. The number of carbonyl (C=O) groups is 1. The Kier molecular flexibility index (Phi) is 6.78. The van der Waals surface area contributed by atoms with Crippen LogP contribution in [0.4, 0.5) is 0 Å². The molecule has 1 heterocycles. The molecule has 2 rings (SSSR count). The number of carbonyl (C=O) groups excluding carboxylic acids is 1. The van der Waals surface area contributed by atoms with E-state index in [-0.39, 0.29) is 11.9 Å². The van der Waals surface area contributed by atoms with Crippen molar-refractivity contribution in [1.29, 1.82) is 0 Å². The van der Waals surface area contributed by atoms with E-state index in [4.69, 9.17) is 4.74 Å². The van der Waals surface area contributed by atoms with Gasteiger partial charge in [0.05, 0.1) is 12.5 Å². The number of hydrogen-bond donors (Lipinski definition) is 0. The molecule has 0 radical (unpaired) electrons. The molecule has 1 aromatic rings. The van der Waals surface area contributed by atoms with Crippen molar-refractivity contribution >= 4 is 5.97 Å². The van der Waals surface area contributed by atoms with Crippen molar-refractivity contribution in [2.45, 2.75) is 64.7 Å². The number of ether oxygens (including phenoxy) is 1. The van der Waals surface area contributed by atoms with E-state index in [1.165, 1.54) is 36.8 Å². The molecule has 116 valence electrons. The lowest BCUT2D eigenvalue weighted by Gasteiger charge is -2.20. The zero-order valence-corrected chi connectivity index (χ0v) is 13.3. The van der Waals surface area contributed by atoms with E-state index < -0.39 is 0 Å². The lowest BCUT2D eigenvalue weighted by Crippen LogP contribution is -2.23. The van der Waals surface area contributed by atoms with Crippen LogP contribution in [0.15, 0.2) is 24.3 Å². The maximum atomic E-state index is 11.5. The molecule has 0 aromatic heterocycles. The number of hydrogen-bond acceptors (Lipinski definition) is 2. The maximum Gasteiger partial charge on any atom is 0.308 e. The average Bonchev–Trinajstić information content (AvgIpc) is 2.53. The number of cyclic esters (lactones) is 1. The molecule has 0 aliphatic carbocycles. The third kappa shape index (κ3) is 5.53. The molecule has 0 amide bonds. The summed E-state index contributed by atoms with van der Waals surface area (Å²) in [6.45, 7) is 2.82. The third-order valence-electron chi connectivity index (χ3n) is 4.47. The molecule has 1 unspecified atom stereocenters. The van der Waals surface area contributed by atoms with Gasteiger partial charge in [-0.05, 0) is 49.7 Å². The predicted molar refractivity (Wildman–Crippen MR) is 86.3 cm³/mol. The number of aryl methyl sites for hydroxylation is 2. The van der Waals surface area contributed by atoms with Crippen LogP contribution >= 0.6 is 0 Å². The van der Waals surface area contributed by atoms with E-state index in [1.54, 1.807) is 0 Å². The van der Waals surface area contributed by atoms with Gasteiger partial charge in [0.25, 0.3) is 0 Å². The van der Waals surface area contributed by atoms with E-state index in [9.17, 15) is 4.79 Å². The fraction of sp³-hybridized carbons (Fsp3) is 0.632. The highest BCUT2D eigenvalue weighted by molar-refractivity contribution is 5.72. The Balaban J connectivity index is 1.54. The second kappa shape index (κ2) is 8.86. The highest BCUT2D eigenvalue weighted by Crippen LogP contribution is 2.21. The molecule has 0 spiro atoms. The lowest BCUT2D eigenvalue weighted by atomic mass is 9.94. The lowest BCUT2D eigenvalue weighted by molar-refractivity contribution is -0.153. The van der Waals surface area contributed by atoms with Crippen LogP contribution in [0.1, 0.15) is 63.0 Å². The predicted octanol–water partition coefficient (Wildman–Crippen LogP) is 4.70. The minimum Gasteiger partial charge on any atom is -0.465 e. The Morgan fingerprint density at radius 2 is 1.76 bits per heavy atom. The molecule has 0 N–H and O–H groups in total. The topological polar surface area (TPSA) is 26.3 Å². The van der Waals surface area contributed by atoms with Crippen molar-refractivity contribution in [3.8, 4) is 0 Å². The SMILES string of the molecule is CCc1ccc(CCCCCCC2CCCOC2=O)cc1. The van der Waals surface area contributed by atoms with Crippen molar-refractivity contribution in [2.24, 2.45) is 5.92 Å². The monoisotopic (exact) mass is 288 g/mol. The minimum atomic E-state index is 0.0391. The van der Waals surface area contributed by atoms with Gasteiger partial charge in [-0.1, -0.05) is 50.5 Å². The molecule has 2 nitrogen and oxygen atoms in total. The zero-order chi connectivity index (χ0) is 14.9. The van der Waals surface area contributed by atoms with Gasteiger partial charge in [0.1, 0.15) is 0 Å². The van der Waals surface area contributed by atoms with Gasteiger partial charge in [0, 0.05) is 0 Å². The standard InChI is InChI=1S/C19H28O2/c1-2-16-11-13-17(14-12-16)8-5-3-4-6-9-18-10-7-15-21-19(18)20/h11-14,18H,2-10,15H2,1H3. The van der Waals surface area contributed by atoms with Crippen LogP contribution in [0.25, 0.3) is 0 Å². The Hall–Kier alpha value is -1.31. The Morgan fingerprint density at radius 3 is 2.48 bits per heavy atom. The molecule has 1 aliphatic heterocycles. The Labute approximate surface area is 128 Å². The molecule has 2 heteroatoms. The molecule has 1 aromatic carbocycles. The van der Waals surface area contributed by atoms with E-state index in [0.717, 1.165) is 32.1 Å². The van der Waals surface area contributed by atoms with Crippen LogP contribution in [-0.2, 0) is 22.4 Å². The summed E-state index contributed by atoms with van der Waals surface area (Å²) in [4.78, 5) is 11.5. The van der Waals surface area contributed by atoms with E-state index >= 15 is 0 Å². The molecule has 1 aliphatic rings. The first-order valence-corrected chi connectivity index (χ1v) is 8.54. The number of esters is 1. The zero-order valence-electron chi connectivity index (χ0n) is 13.3. The summed E-state index contributed by atoms with van der Waals surface area (Å²) in [5, 5.41) is 0. The second-order valence-corrected chi connectivity index (χ2v) is 6.13. The molecule has 0 bridgehead atoms. The Morgan fingerprint density at radius 1 is 1.05 bits per heavy atom. The summed E-state index contributed by atoms with van der Waals surface area (Å²) in [5.74, 6) is 0.220. The molecule has 0 saturated carbocycles. The van der Waals surface area contributed by atoms with Crippen molar-refractivity contribution in [1.82, 2.24) is 0 Å². The largest absolute Gasteiger partial charge is 0.465 e. The quantitative estimate of drug-likeness (QED) is 0.512. The number of benzene rings is 1. The Bertz CT molecular complexity index is 422. The normalized spacial score (nSPS) is 18.5. The van der Waals surface area contributed by atoms with Crippen LogP contribution in [0.5, 0.6) is 0 Å². The summed E-state index contributed by atoms with van der Waals surface area (Å²) in [7, 11) is 0. The molecule has 1 atom stereocenters. The van der Waals surface area contributed by atoms with Crippen LogP contribution in [0, 0.1) is 5.92 Å². The van der Waals surface area contributed by atoms with Gasteiger partial charge in [-0.25, -0.2) is 0 Å². The molecular formula is C19H28O2. The van der Waals surface area contributed by atoms with Crippen LogP contribution in [0.2, 0.25) is 0 Å². The molecule has 21 heavy (non-hydrogen) atoms. The van der Waals surface area contributed by atoms with Gasteiger partial charge in [0.2, 0.25) is 0 Å². The first-order valence-electron chi connectivity index (χ1n) is 8.54. The summed E-state index contributed by atoms with van der Waals surface area (Å²) in [6, 6.07) is 9.00. The van der Waals surface area contributed by atoms with E-state index in [1.807, 2.05) is 0 Å². The fourth-order valence-corrected chi connectivity index (χ4v) is 3.02. The van der Waals surface area contributed by atoms with Gasteiger partial charge >= 0.3 is 5.97 Å². The van der Waals surface area contributed by atoms with E-state index in [0.29, 0.717) is 6.61 Å². The van der Waals surface area contributed by atoms with Gasteiger partial charge in [0.15, 0.2) is 0 Å². The van der Waals surface area contributed by atoms with Gasteiger partial charge in [-0.3, -0.25) is 4.79 Å². The van der Waals surface area contributed by atoms with Crippen molar-refractivity contribution < 1.29 is 9.53 Å². The van der Waals surface area contributed by atoms with Gasteiger partial charge in [-0.2, -0.15) is 0 Å². The van der Waals surface area contributed by atoms with Crippen molar-refractivity contribution in [3.05, 3.63) is 35.4 Å². The van der Waals surface area contributed by atoms with E-state index in [2.05, 4.69) is 31.2 Å². The van der Waals surface area contributed by atoms with Crippen LogP contribution in [0.3, 0.4) is 0 Å². The first kappa shape index (κ1) is 16.1. The number of rotatable bonds is 8. The third-order valence-corrected chi connectivity index (χ3v) is 4.47. The van der Waals surface area contributed by atoms with Crippen LogP contribution < -0.4 is 0 Å². The van der Waals surface area contributed by atoms with Gasteiger partial charge in [-0.15, -0.1) is 0 Å². The fourth-order valence-electron chi connectivity index (χ4n) is 3.02. The molecular weight excluding hydrogens is 260 g/mol. The van der Waals surface area contributed by atoms with Gasteiger partial charge < -0.3 is 4.74 Å². The van der Waals surface area contributed by atoms with Crippen LogP contribution in [-0.4, -0.2) is 12.6 Å². The highest BCUT2D eigenvalue weighted by Gasteiger charge is 2.22. The highest BCUT2D eigenvalue weighted by atomic mass is 16.5. The number of unbranched alkanes of at least 4 members (excludes halogenated alkanes) is 3. The maximum absolute atomic E-state index is 11.5. The van der Waals surface area contributed by atoms with Crippen molar-refractivity contribution in [3.63, 3.8) is 0 Å². The molecule has 1 saturated heterocycles. The summed E-state index contributed by atoms with van der Waals surface area (Å²) < 4.78 is 5.11. The summed E-state index contributed by atoms with van der Waals surface area (Å²) in [6.07, 6.45) is 10.3. The summed E-state index contributed by atoms with van der Waals surface area (Å²) >= 11 is 0.